The Labute approximate surface area is 135 Å². The molecular formula is C16H23N5O2. The molecule has 2 aromatic heterocycles. The highest BCUT2D eigenvalue weighted by Gasteiger charge is 2.53. The summed E-state index contributed by atoms with van der Waals surface area (Å²) in [6.07, 6.45) is 6.66. The molecule has 23 heavy (non-hydrogen) atoms. The van der Waals surface area contributed by atoms with Gasteiger partial charge in [0.1, 0.15) is 0 Å². The van der Waals surface area contributed by atoms with E-state index in [2.05, 4.69) is 34.2 Å². The zero-order chi connectivity index (χ0) is 16.4. The van der Waals surface area contributed by atoms with Gasteiger partial charge in [0, 0.05) is 31.0 Å². The zero-order valence-corrected chi connectivity index (χ0v) is 13.8. The van der Waals surface area contributed by atoms with E-state index in [-0.39, 0.29) is 29.9 Å². The standard InChI is InChI=1S/C16H23N5O2/c1-4-16(5-2)11(9-12(16)23-3)18-14(22)10-13-19-15-17-7-6-8-21(15)20-13/h6-8,11-12H,4-5,9-10H2,1-3H3,(H,18,22). The number of carbonyl (C=O) groups excluding carboxylic acids is 1. The van der Waals surface area contributed by atoms with Crippen LogP contribution in [0.2, 0.25) is 0 Å². The van der Waals surface area contributed by atoms with Gasteiger partial charge in [0.15, 0.2) is 5.82 Å². The fraction of sp³-hybridized carbons (Fsp3) is 0.625. The van der Waals surface area contributed by atoms with E-state index in [0.717, 1.165) is 19.3 Å². The summed E-state index contributed by atoms with van der Waals surface area (Å²) < 4.78 is 7.14. The van der Waals surface area contributed by atoms with Gasteiger partial charge in [-0.15, -0.1) is 5.10 Å². The number of hydrogen-bond donors (Lipinski definition) is 1. The van der Waals surface area contributed by atoms with E-state index in [0.29, 0.717) is 11.6 Å². The topological polar surface area (TPSA) is 81.4 Å². The van der Waals surface area contributed by atoms with Gasteiger partial charge in [0.25, 0.3) is 5.78 Å². The van der Waals surface area contributed by atoms with Crippen LogP contribution in [0.3, 0.4) is 0 Å². The van der Waals surface area contributed by atoms with Crippen molar-refractivity contribution in [2.45, 2.75) is 51.7 Å². The average molecular weight is 317 g/mol. The first-order valence-corrected chi connectivity index (χ1v) is 8.11. The second-order valence-electron chi connectivity index (χ2n) is 6.09. The summed E-state index contributed by atoms with van der Waals surface area (Å²) in [6.45, 7) is 4.31. The second kappa shape index (κ2) is 6.23. The Morgan fingerprint density at radius 3 is 2.91 bits per heavy atom. The molecule has 3 rings (SSSR count). The Bertz CT molecular complexity index is 662. The molecule has 124 valence electrons. The summed E-state index contributed by atoms with van der Waals surface area (Å²) in [5.41, 5.74) is 0.0400. The molecule has 2 atom stereocenters. The summed E-state index contributed by atoms with van der Waals surface area (Å²) in [5, 5.41) is 7.41. The minimum Gasteiger partial charge on any atom is -0.381 e. The Balaban J connectivity index is 1.65. The molecule has 0 radical (unpaired) electrons. The van der Waals surface area contributed by atoms with Crippen LogP contribution in [-0.2, 0) is 16.0 Å². The van der Waals surface area contributed by atoms with Gasteiger partial charge in [-0.3, -0.25) is 4.79 Å². The number of fused-ring (bicyclic) bond motifs is 1. The molecule has 2 heterocycles. The SMILES string of the molecule is CCC1(CC)C(NC(=O)Cc2nc3ncccn3n2)CC1OC. The monoisotopic (exact) mass is 317 g/mol. The number of nitrogens with zero attached hydrogens (tertiary/aromatic N) is 4. The Morgan fingerprint density at radius 1 is 1.48 bits per heavy atom. The lowest BCUT2D eigenvalue weighted by atomic mass is 9.58. The molecule has 7 nitrogen and oxygen atoms in total. The van der Waals surface area contributed by atoms with Gasteiger partial charge in [-0.2, -0.15) is 4.98 Å². The smallest absolute Gasteiger partial charge is 0.252 e. The molecule has 0 aromatic carbocycles. The lowest BCUT2D eigenvalue weighted by Gasteiger charge is -2.55. The molecule has 2 aromatic rings. The highest BCUT2D eigenvalue weighted by molar-refractivity contribution is 5.78. The highest BCUT2D eigenvalue weighted by atomic mass is 16.5. The van der Waals surface area contributed by atoms with Crippen molar-refractivity contribution in [3.63, 3.8) is 0 Å². The van der Waals surface area contributed by atoms with Gasteiger partial charge in [-0.1, -0.05) is 13.8 Å². The van der Waals surface area contributed by atoms with Gasteiger partial charge < -0.3 is 10.1 Å². The van der Waals surface area contributed by atoms with E-state index in [1.54, 1.807) is 30.1 Å². The first-order valence-electron chi connectivity index (χ1n) is 8.11. The molecule has 0 bridgehead atoms. The predicted octanol–water partition coefficient (Wildman–Crippen LogP) is 1.38. The van der Waals surface area contributed by atoms with Crippen molar-refractivity contribution in [3.05, 3.63) is 24.3 Å². The number of carbonyl (C=O) groups is 1. The third-order valence-electron chi connectivity index (χ3n) is 5.20. The maximum Gasteiger partial charge on any atom is 0.252 e. The molecule has 2 unspecified atom stereocenters. The molecule has 1 aliphatic carbocycles. The van der Waals surface area contributed by atoms with E-state index in [4.69, 9.17) is 4.74 Å². The van der Waals surface area contributed by atoms with Gasteiger partial charge in [0.05, 0.1) is 12.5 Å². The number of nitrogens with one attached hydrogen (secondary N) is 1. The summed E-state index contributed by atoms with van der Waals surface area (Å²) >= 11 is 0. The molecular weight excluding hydrogens is 294 g/mol. The summed E-state index contributed by atoms with van der Waals surface area (Å²) in [4.78, 5) is 20.7. The van der Waals surface area contributed by atoms with Crippen molar-refractivity contribution in [2.24, 2.45) is 5.41 Å². The van der Waals surface area contributed by atoms with Crippen molar-refractivity contribution in [2.75, 3.05) is 7.11 Å². The molecule has 7 heteroatoms. The Kier molecular flexibility index (Phi) is 4.30. The van der Waals surface area contributed by atoms with Crippen LogP contribution < -0.4 is 5.32 Å². The first kappa shape index (κ1) is 15.9. The summed E-state index contributed by atoms with van der Waals surface area (Å²) in [6, 6.07) is 1.94. The number of aromatic nitrogens is 4. The molecule has 1 N–H and O–H groups in total. The minimum absolute atomic E-state index is 0.0400. The average Bonchev–Trinajstić information content (AvgIpc) is 2.94. The number of amides is 1. The van der Waals surface area contributed by atoms with Gasteiger partial charge in [-0.25, -0.2) is 9.50 Å². The number of hydrogen-bond acceptors (Lipinski definition) is 5. The third-order valence-corrected chi connectivity index (χ3v) is 5.20. The number of ether oxygens (including phenoxy) is 1. The van der Waals surface area contributed by atoms with Crippen LogP contribution in [0.1, 0.15) is 38.9 Å². The molecule has 1 fully saturated rings. The van der Waals surface area contributed by atoms with E-state index in [9.17, 15) is 4.79 Å². The van der Waals surface area contributed by atoms with Crippen LogP contribution >= 0.6 is 0 Å². The van der Waals surface area contributed by atoms with Crippen molar-refractivity contribution in [3.8, 4) is 0 Å². The van der Waals surface area contributed by atoms with Crippen molar-refractivity contribution in [1.29, 1.82) is 0 Å². The van der Waals surface area contributed by atoms with Crippen LogP contribution in [0.15, 0.2) is 18.5 Å². The lowest BCUT2D eigenvalue weighted by molar-refractivity contribution is -0.141. The fourth-order valence-corrected chi connectivity index (χ4v) is 3.72. The van der Waals surface area contributed by atoms with Crippen LogP contribution in [0.25, 0.3) is 5.78 Å². The number of methoxy groups -OCH3 is 1. The van der Waals surface area contributed by atoms with Crippen LogP contribution in [0.4, 0.5) is 0 Å². The van der Waals surface area contributed by atoms with E-state index in [1.807, 2.05) is 0 Å². The molecule has 0 spiro atoms. The molecule has 1 amide bonds. The van der Waals surface area contributed by atoms with Gasteiger partial charge in [-0.05, 0) is 25.3 Å². The van der Waals surface area contributed by atoms with Crippen molar-refractivity contribution < 1.29 is 9.53 Å². The predicted molar refractivity (Wildman–Crippen MR) is 84.8 cm³/mol. The number of rotatable bonds is 6. The Morgan fingerprint density at radius 2 is 2.26 bits per heavy atom. The van der Waals surface area contributed by atoms with Gasteiger partial charge in [0.2, 0.25) is 5.91 Å². The van der Waals surface area contributed by atoms with E-state index in [1.165, 1.54) is 0 Å². The Hall–Kier alpha value is -2.02. The maximum atomic E-state index is 12.3. The minimum atomic E-state index is -0.0493. The van der Waals surface area contributed by atoms with Crippen molar-refractivity contribution >= 4 is 11.7 Å². The van der Waals surface area contributed by atoms with Gasteiger partial charge >= 0.3 is 0 Å². The molecule has 0 aliphatic heterocycles. The molecule has 1 aliphatic rings. The lowest BCUT2D eigenvalue weighted by Crippen LogP contribution is -2.64. The zero-order valence-electron chi connectivity index (χ0n) is 13.8. The molecule has 0 saturated heterocycles. The fourth-order valence-electron chi connectivity index (χ4n) is 3.72. The van der Waals surface area contributed by atoms with Crippen molar-refractivity contribution in [1.82, 2.24) is 24.9 Å². The summed E-state index contributed by atoms with van der Waals surface area (Å²) in [7, 11) is 1.75. The van der Waals surface area contributed by atoms with Crippen LogP contribution in [0.5, 0.6) is 0 Å². The van der Waals surface area contributed by atoms with E-state index >= 15 is 0 Å². The summed E-state index contributed by atoms with van der Waals surface area (Å²) in [5.74, 6) is 0.948. The largest absolute Gasteiger partial charge is 0.381 e. The third kappa shape index (κ3) is 2.69. The molecule has 1 saturated carbocycles. The maximum absolute atomic E-state index is 12.3. The normalized spacial score (nSPS) is 22.7. The van der Waals surface area contributed by atoms with Crippen LogP contribution in [0, 0.1) is 5.41 Å². The highest BCUT2D eigenvalue weighted by Crippen LogP contribution is 2.48. The van der Waals surface area contributed by atoms with E-state index < -0.39 is 0 Å². The van der Waals surface area contributed by atoms with Crippen LogP contribution in [-0.4, -0.2) is 44.7 Å². The first-order chi connectivity index (χ1) is 11.1. The quantitative estimate of drug-likeness (QED) is 0.870. The second-order valence-corrected chi connectivity index (χ2v) is 6.09.